The Morgan fingerprint density at radius 2 is 1.81 bits per heavy atom. The van der Waals surface area contributed by atoms with Crippen molar-refractivity contribution in [3.63, 3.8) is 0 Å². The van der Waals surface area contributed by atoms with Gasteiger partial charge in [0, 0.05) is 26.2 Å². The zero-order valence-electron chi connectivity index (χ0n) is 16.6. The number of nitrogens with zero attached hydrogens (tertiary/aromatic N) is 3. The van der Waals surface area contributed by atoms with Crippen molar-refractivity contribution >= 4 is 11.8 Å². The summed E-state index contributed by atoms with van der Waals surface area (Å²) in [6.45, 7) is 9.20. The van der Waals surface area contributed by atoms with Crippen molar-refractivity contribution in [2.45, 2.75) is 78.7 Å². The predicted octanol–water partition coefficient (Wildman–Crippen LogP) is 3.40. The van der Waals surface area contributed by atoms with Crippen molar-refractivity contribution < 1.29 is 9.59 Å². The van der Waals surface area contributed by atoms with Gasteiger partial charge in [0.25, 0.3) is 11.8 Å². The van der Waals surface area contributed by atoms with Gasteiger partial charge in [0.15, 0.2) is 5.82 Å². The molecule has 1 aromatic heterocycles. The highest BCUT2D eigenvalue weighted by molar-refractivity contribution is 5.97. The smallest absolute Gasteiger partial charge is 0.289 e. The average molecular weight is 363 g/mol. The number of rotatable bonds is 10. The van der Waals surface area contributed by atoms with Crippen LogP contribution in [0.5, 0.6) is 0 Å². The van der Waals surface area contributed by atoms with Gasteiger partial charge in [-0.25, -0.2) is 4.98 Å². The number of hydrogen-bond donors (Lipinski definition) is 1. The second-order valence-electron chi connectivity index (χ2n) is 7.09. The lowest BCUT2D eigenvalue weighted by Gasteiger charge is -2.23. The first-order valence-corrected chi connectivity index (χ1v) is 10.3. The molecule has 6 heteroatoms. The molecule has 0 saturated heterocycles. The molecule has 0 saturated carbocycles. The van der Waals surface area contributed by atoms with E-state index >= 15 is 0 Å². The summed E-state index contributed by atoms with van der Waals surface area (Å²) < 4.78 is 1.99. The second kappa shape index (κ2) is 10.3. The first-order chi connectivity index (χ1) is 12.6. The van der Waals surface area contributed by atoms with Crippen molar-refractivity contribution in [3.8, 4) is 0 Å². The molecule has 2 amide bonds. The third-order valence-corrected chi connectivity index (χ3v) is 4.86. The largest absolute Gasteiger partial charge is 0.351 e. The molecule has 1 aliphatic heterocycles. The molecule has 0 bridgehead atoms. The van der Waals surface area contributed by atoms with Crippen molar-refractivity contribution in [3.05, 3.63) is 17.2 Å². The van der Waals surface area contributed by atoms with E-state index in [2.05, 4.69) is 31.1 Å². The highest BCUT2D eigenvalue weighted by atomic mass is 16.2. The Balaban J connectivity index is 2.23. The third kappa shape index (κ3) is 4.86. The van der Waals surface area contributed by atoms with Crippen LogP contribution in [0.1, 0.15) is 92.5 Å². The maximum absolute atomic E-state index is 13.0. The molecule has 146 valence electrons. The van der Waals surface area contributed by atoms with Crippen LogP contribution < -0.4 is 5.32 Å². The second-order valence-corrected chi connectivity index (χ2v) is 7.09. The molecule has 26 heavy (non-hydrogen) atoms. The minimum absolute atomic E-state index is 0.0399. The molecule has 2 rings (SSSR count). The molecule has 1 aromatic rings. The van der Waals surface area contributed by atoms with Crippen LogP contribution in [-0.4, -0.2) is 45.9 Å². The molecule has 1 N–H and O–H groups in total. The van der Waals surface area contributed by atoms with Crippen LogP contribution in [-0.2, 0) is 13.0 Å². The van der Waals surface area contributed by atoms with Crippen molar-refractivity contribution in [1.82, 2.24) is 19.8 Å². The Labute approximate surface area is 157 Å². The van der Waals surface area contributed by atoms with Crippen LogP contribution in [0.25, 0.3) is 0 Å². The summed E-state index contributed by atoms with van der Waals surface area (Å²) in [4.78, 5) is 32.1. The van der Waals surface area contributed by atoms with Gasteiger partial charge in [0.1, 0.15) is 5.69 Å². The van der Waals surface area contributed by atoms with Crippen LogP contribution in [0.4, 0.5) is 0 Å². The van der Waals surface area contributed by atoms with Gasteiger partial charge in [-0.3, -0.25) is 9.59 Å². The number of nitrogens with one attached hydrogen (secondary N) is 1. The minimum atomic E-state index is -0.136. The van der Waals surface area contributed by atoms with Gasteiger partial charge in [-0.05, 0) is 38.5 Å². The molecule has 1 aliphatic rings. The van der Waals surface area contributed by atoms with Crippen LogP contribution >= 0.6 is 0 Å². The highest BCUT2D eigenvalue weighted by Gasteiger charge is 2.29. The minimum Gasteiger partial charge on any atom is -0.351 e. The molecule has 0 fully saturated rings. The van der Waals surface area contributed by atoms with Crippen LogP contribution in [0.15, 0.2) is 0 Å². The Morgan fingerprint density at radius 3 is 2.46 bits per heavy atom. The Kier molecular flexibility index (Phi) is 8.13. The normalized spacial score (nSPS) is 13.3. The molecule has 0 atom stereocenters. The van der Waals surface area contributed by atoms with E-state index in [0.29, 0.717) is 18.1 Å². The summed E-state index contributed by atoms with van der Waals surface area (Å²) >= 11 is 0. The Hall–Kier alpha value is -1.85. The Morgan fingerprint density at radius 1 is 1.08 bits per heavy atom. The molecular formula is C20H34N4O2. The van der Waals surface area contributed by atoms with E-state index in [1.807, 2.05) is 9.47 Å². The highest BCUT2D eigenvalue weighted by Crippen LogP contribution is 2.22. The summed E-state index contributed by atoms with van der Waals surface area (Å²) in [5.74, 6) is 0.269. The first kappa shape index (κ1) is 20.5. The maximum atomic E-state index is 13.0. The first-order valence-electron chi connectivity index (χ1n) is 10.3. The van der Waals surface area contributed by atoms with E-state index in [1.165, 1.54) is 0 Å². The summed E-state index contributed by atoms with van der Waals surface area (Å²) in [6.07, 6.45) is 7.94. The zero-order chi connectivity index (χ0) is 18.9. The lowest BCUT2D eigenvalue weighted by molar-refractivity contribution is 0.0737. The van der Waals surface area contributed by atoms with E-state index in [4.69, 9.17) is 0 Å². The predicted molar refractivity (Wildman–Crippen MR) is 104 cm³/mol. The number of imidazole rings is 1. The monoisotopic (exact) mass is 362 g/mol. The number of amides is 2. The molecule has 0 spiro atoms. The standard InChI is InChI=1S/C20H34N4O2/c1-4-7-9-12-21-19(25)17-16-11-8-10-15-24(16)18(22-17)20(26)23(13-5-2)14-6-3/h4-15H2,1-3H3,(H,21,25). The molecular weight excluding hydrogens is 328 g/mol. The zero-order valence-corrected chi connectivity index (χ0v) is 16.6. The number of carbonyl (C=O) groups is 2. The van der Waals surface area contributed by atoms with Crippen LogP contribution in [0.2, 0.25) is 0 Å². The summed E-state index contributed by atoms with van der Waals surface area (Å²) in [6, 6.07) is 0. The maximum Gasteiger partial charge on any atom is 0.289 e. The molecule has 0 unspecified atom stereocenters. The molecule has 0 radical (unpaired) electrons. The lowest BCUT2D eigenvalue weighted by atomic mass is 10.1. The number of hydrogen-bond acceptors (Lipinski definition) is 3. The number of unbranched alkanes of at least 4 members (excludes halogenated alkanes) is 2. The van der Waals surface area contributed by atoms with Crippen LogP contribution in [0.3, 0.4) is 0 Å². The fraction of sp³-hybridized carbons (Fsp3) is 0.750. The van der Waals surface area contributed by atoms with Gasteiger partial charge in [0.2, 0.25) is 0 Å². The fourth-order valence-corrected chi connectivity index (χ4v) is 3.54. The SMILES string of the molecule is CCCCCNC(=O)c1nc(C(=O)N(CCC)CCC)n2c1CCCC2. The van der Waals surface area contributed by atoms with Crippen molar-refractivity contribution in [2.75, 3.05) is 19.6 Å². The van der Waals surface area contributed by atoms with E-state index in [-0.39, 0.29) is 11.8 Å². The quantitative estimate of drug-likeness (QED) is 0.649. The summed E-state index contributed by atoms with van der Waals surface area (Å²) in [7, 11) is 0. The molecule has 2 heterocycles. The van der Waals surface area contributed by atoms with Gasteiger partial charge in [0.05, 0.1) is 5.69 Å². The average Bonchev–Trinajstić information content (AvgIpc) is 3.04. The molecule has 0 aromatic carbocycles. The molecule has 0 aliphatic carbocycles. The van der Waals surface area contributed by atoms with E-state index in [9.17, 15) is 9.59 Å². The van der Waals surface area contributed by atoms with E-state index in [1.54, 1.807) is 0 Å². The van der Waals surface area contributed by atoms with Gasteiger partial charge in [-0.1, -0.05) is 33.6 Å². The topological polar surface area (TPSA) is 67.2 Å². The van der Waals surface area contributed by atoms with E-state index < -0.39 is 0 Å². The van der Waals surface area contributed by atoms with Gasteiger partial charge in [-0.2, -0.15) is 0 Å². The summed E-state index contributed by atoms with van der Waals surface area (Å²) in [5, 5.41) is 2.98. The Bertz CT molecular complexity index is 603. The van der Waals surface area contributed by atoms with Gasteiger partial charge in [-0.15, -0.1) is 0 Å². The fourth-order valence-electron chi connectivity index (χ4n) is 3.54. The lowest BCUT2D eigenvalue weighted by Crippen LogP contribution is -2.35. The summed E-state index contributed by atoms with van der Waals surface area (Å²) in [5.41, 5.74) is 1.39. The van der Waals surface area contributed by atoms with E-state index in [0.717, 1.165) is 76.7 Å². The van der Waals surface area contributed by atoms with Crippen molar-refractivity contribution in [1.29, 1.82) is 0 Å². The third-order valence-electron chi connectivity index (χ3n) is 4.86. The number of carbonyl (C=O) groups excluding carboxylic acids is 2. The van der Waals surface area contributed by atoms with Gasteiger partial charge >= 0.3 is 0 Å². The van der Waals surface area contributed by atoms with Crippen molar-refractivity contribution in [2.24, 2.45) is 0 Å². The number of aromatic nitrogens is 2. The molecule has 6 nitrogen and oxygen atoms in total. The van der Waals surface area contributed by atoms with Gasteiger partial charge < -0.3 is 14.8 Å². The van der Waals surface area contributed by atoms with Crippen LogP contribution in [0, 0.1) is 0 Å². The number of fused-ring (bicyclic) bond motifs is 1.